The number of hydrogen-bond acceptors (Lipinski definition) is 3. The van der Waals surface area contributed by atoms with E-state index >= 15 is 0 Å². The average molecular weight is 317 g/mol. The van der Waals surface area contributed by atoms with Gasteiger partial charge in [-0.05, 0) is 35.0 Å². The summed E-state index contributed by atoms with van der Waals surface area (Å²) in [5.74, 6) is 0. The molecule has 3 rings (SSSR count). The summed E-state index contributed by atoms with van der Waals surface area (Å²) in [6.07, 6.45) is 1.77. The van der Waals surface area contributed by atoms with Crippen molar-refractivity contribution in [2.75, 3.05) is 5.32 Å². The maximum atomic E-state index is 3.91. The molecule has 0 atom stereocenters. The summed E-state index contributed by atoms with van der Waals surface area (Å²) < 4.78 is 2.87. The molecule has 0 aliphatic carbocycles. The van der Waals surface area contributed by atoms with Crippen LogP contribution in [0.2, 0.25) is 0 Å². The van der Waals surface area contributed by atoms with Gasteiger partial charge < -0.3 is 5.32 Å². The zero-order chi connectivity index (χ0) is 13.2. The Bertz CT molecular complexity index is 720. The molecule has 0 radical (unpaired) electrons. The number of nitrogens with one attached hydrogen (secondary N) is 1. The third kappa shape index (κ3) is 2.61. The van der Waals surface area contributed by atoms with Crippen LogP contribution in [0.15, 0.2) is 47.1 Å². The van der Waals surface area contributed by atoms with E-state index in [1.165, 1.54) is 10.8 Å². The number of aryl methyl sites for hydroxylation is 1. The Morgan fingerprint density at radius 2 is 1.95 bits per heavy atom. The largest absolute Gasteiger partial charge is 0.379 e. The Kier molecular flexibility index (Phi) is 3.21. The Morgan fingerprint density at radius 3 is 2.74 bits per heavy atom. The molecule has 0 aliphatic heterocycles. The number of halogens is 1. The van der Waals surface area contributed by atoms with Crippen LogP contribution in [0, 0.1) is 0 Å². The zero-order valence-electron chi connectivity index (χ0n) is 10.5. The van der Waals surface area contributed by atoms with E-state index in [1.54, 1.807) is 10.9 Å². The van der Waals surface area contributed by atoms with Crippen LogP contribution in [0.5, 0.6) is 0 Å². The van der Waals surface area contributed by atoms with Crippen LogP contribution in [-0.2, 0) is 13.6 Å². The number of hydrogen-bond donors (Lipinski definition) is 1. The first-order valence-corrected chi connectivity index (χ1v) is 6.78. The van der Waals surface area contributed by atoms with Crippen LogP contribution in [0.3, 0.4) is 0 Å². The molecule has 5 heteroatoms. The van der Waals surface area contributed by atoms with Gasteiger partial charge in [-0.1, -0.05) is 33.3 Å². The van der Waals surface area contributed by atoms with Crippen molar-refractivity contribution in [3.8, 4) is 0 Å². The standard InChI is InChI=1S/C14H13BrN4/c1-19-14(9-17-18-19)8-16-13-5-3-10-6-12(15)4-2-11(10)7-13/h2-7,9,16H,8H2,1H3. The monoisotopic (exact) mass is 316 g/mol. The van der Waals surface area contributed by atoms with Crippen molar-refractivity contribution < 1.29 is 0 Å². The molecular weight excluding hydrogens is 304 g/mol. The van der Waals surface area contributed by atoms with Gasteiger partial charge in [0.2, 0.25) is 0 Å². The molecule has 0 amide bonds. The zero-order valence-corrected chi connectivity index (χ0v) is 12.1. The Hall–Kier alpha value is -1.88. The van der Waals surface area contributed by atoms with E-state index in [1.807, 2.05) is 7.05 Å². The number of aromatic nitrogens is 3. The lowest BCUT2D eigenvalue weighted by Crippen LogP contribution is -2.05. The number of nitrogens with zero attached hydrogens (tertiary/aromatic N) is 3. The van der Waals surface area contributed by atoms with Crippen LogP contribution in [0.4, 0.5) is 5.69 Å². The highest BCUT2D eigenvalue weighted by atomic mass is 79.9. The number of fused-ring (bicyclic) bond motifs is 1. The van der Waals surface area contributed by atoms with Crippen molar-refractivity contribution in [3.63, 3.8) is 0 Å². The second-order valence-corrected chi connectivity index (χ2v) is 5.32. The molecule has 0 aliphatic rings. The molecular formula is C14H13BrN4. The Morgan fingerprint density at radius 1 is 1.16 bits per heavy atom. The number of anilines is 1. The van der Waals surface area contributed by atoms with Gasteiger partial charge in [-0.25, -0.2) is 0 Å². The molecule has 1 N–H and O–H groups in total. The van der Waals surface area contributed by atoms with Gasteiger partial charge in [0, 0.05) is 17.2 Å². The lowest BCUT2D eigenvalue weighted by molar-refractivity contribution is 0.683. The molecule has 96 valence electrons. The third-order valence-corrected chi connectivity index (χ3v) is 3.58. The van der Waals surface area contributed by atoms with Crippen molar-refractivity contribution in [3.05, 3.63) is 52.8 Å². The molecule has 0 unspecified atom stereocenters. The quantitative estimate of drug-likeness (QED) is 0.805. The van der Waals surface area contributed by atoms with E-state index in [-0.39, 0.29) is 0 Å². The fourth-order valence-electron chi connectivity index (χ4n) is 1.99. The lowest BCUT2D eigenvalue weighted by atomic mass is 10.1. The van der Waals surface area contributed by atoms with Gasteiger partial charge in [0.25, 0.3) is 0 Å². The van der Waals surface area contributed by atoms with E-state index in [4.69, 9.17) is 0 Å². The minimum Gasteiger partial charge on any atom is -0.379 e. The van der Waals surface area contributed by atoms with E-state index in [0.29, 0.717) is 6.54 Å². The normalized spacial score (nSPS) is 10.8. The van der Waals surface area contributed by atoms with Gasteiger partial charge in [0.1, 0.15) is 0 Å². The third-order valence-electron chi connectivity index (χ3n) is 3.08. The van der Waals surface area contributed by atoms with E-state index in [0.717, 1.165) is 15.9 Å². The number of rotatable bonds is 3. The van der Waals surface area contributed by atoms with Crippen molar-refractivity contribution >= 4 is 32.4 Å². The molecule has 0 saturated carbocycles. The van der Waals surface area contributed by atoms with E-state index < -0.39 is 0 Å². The maximum absolute atomic E-state index is 3.91. The predicted octanol–water partition coefficient (Wildman–Crippen LogP) is 3.34. The van der Waals surface area contributed by atoms with Gasteiger partial charge in [-0.15, -0.1) is 5.10 Å². The first kappa shape index (κ1) is 12.2. The van der Waals surface area contributed by atoms with Crippen molar-refractivity contribution in [1.29, 1.82) is 0 Å². The Labute approximate surface area is 119 Å². The van der Waals surface area contributed by atoms with Crippen LogP contribution in [0.25, 0.3) is 10.8 Å². The lowest BCUT2D eigenvalue weighted by Gasteiger charge is -2.07. The molecule has 0 saturated heterocycles. The summed E-state index contributed by atoms with van der Waals surface area (Å²) in [5, 5.41) is 13.6. The summed E-state index contributed by atoms with van der Waals surface area (Å²) in [6.45, 7) is 0.714. The van der Waals surface area contributed by atoms with Gasteiger partial charge in [0.15, 0.2) is 0 Å². The fraction of sp³-hybridized carbons (Fsp3) is 0.143. The Balaban J connectivity index is 1.82. The molecule has 2 aromatic carbocycles. The van der Waals surface area contributed by atoms with Gasteiger partial charge in [-0.2, -0.15) is 0 Å². The minimum atomic E-state index is 0.714. The van der Waals surface area contributed by atoms with Crippen LogP contribution in [0.1, 0.15) is 5.69 Å². The summed E-state index contributed by atoms with van der Waals surface area (Å²) in [6, 6.07) is 12.6. The van der Waals surface area contributed by atoms with Gasteiger partial charge in [-0.3, -0.25) is 4.68 Å². The molecule has 3 aromatic rings. The predicted molar refractivity (Wildman–Crippen MR) is 80.0 cm³/mol. The van der Waals surface area contributed by atoms with Crippen molar-refractivity contribution in [2.24, 2.45) is 7.05 Å². The van der Waals surface area contributed by atoms with Crippen LogP contribution < -0.4 is 5.32 Å². The second kappa shape index (κ2) is 5.01. The fourth-order valence-corrected chi connectivity index (χ4v) is 2.37. The smallest absolute Gasteiger partial charge is 0.0774 e. The molecule has 4 nitrogen and oxygen atoms in total. The highest BCUT2D eigenvalue weighted by Crippen LogP contribution is 2.23. The second-order valence-electron chi connectivity index (χ2n) is 4.41. The molecule has 1 aromatic heterocycles. The summed E-state index contributed by atoms with van der Waals surface area (Å²) in [5.41, 5.74) is 2.15. The van der Waals surface area contributed by atoms with Crippen molar-refractivity contribution in [1.82, 2.24) is 15.0 Å². The summed E-state index contributed by atoms with van der Waals surface area (Å²) >= 11 is 3.48. The SMILES string of the molecule is Cn1nncc1CNc1ccc2cc(Br)ccc2c1. The average Bonchev–Trinajstić information content (AvgIpc) is 2.82. The van der Waals surface area contributed by atoms with Crippen LogP contribution in [-0.4, -0.2) is 15.0 Å². The highest BCUT2D eigenvalue weighted by Gasteiger charge is 2.01. The minimum absolute atomic E-state index is 0.714. The first-order valence-electron chi connectivity index (χ1n) is 5.99. The molecule has 0 bridgehead atoms. The van der Waals surface area contributed by atoms with Gasteiger partial charge >= 0.3 is 0 Å². The summed E-state index contributed by atoms with van der Waals surface area (Å²) in [7, 11) is 1.89. The molecule has 19 heavy (non-hydrogen) atoms. The molecule has 0 spiro atoms. The maximum Gasteiger partial charge on any atom is 0.0774 e. The van der Waals surface area contributed by atoms with Gasteiger partial charge in [0.05, 0.1) is 18.4 Å². The summed E-state index contributed by atoms with van der Waals surface area (Å²) in [4.78, 5) is 0. The molecule has 1 heterocycles. The topological polar surface area (TPSA) is 42.7 Å². The number of benzene rings is 2. The molecule has 0 fully saturated rings. The van der Waals surface area contributed by atoms with E-state index in [2.05, 4.69) is 68.0 Å². The van der Waals surface area contributed by atoms with E-state index in [9.17, 15) is 0 Å². The highest BCUT2D eigenvalue weighted by molar-refractivity contribution is 9.10. The van der Waals surface area contributed by atoms with Crippen molar-refractivity contribution in [2.45, 2.75) is 6.54 Å². The first-order chi connectivity index (χ1) is 9.22. The van der Waals surface area contributed by atoms with Crippen LogP contribution >= 0.6 is 15.9 Å².